The molecule has 0 saturated carbocycles. The predicted molar refractivity (Wildman–Crippen MR) is 88.1 cm³/mol. The maximum absolute atomic E-state index is 12.1. The minimum Gasteiger partial charge on any atom is -0.309 e. The lowest BCUT2D eigenvalue weighted by Crippen LogP contribution is -2.12. The molecule has 1 atom stereocenters. The second kappa shape index (κ2) is 5.92. The van der Waals surface area contributed by atoms with Crippen LogP contribution in [0.25, 0.3) is 10.9 Å². The van der Waals surface area contributed by atoms with Gasteiger partial charge in [0.05, 0.1) is 16.2 Å². The Morgan fingerprint density at radius 3 is 2.62 bits per heavy atom. The normalized spacial score (nSPS) is 12.5. The Morgan fingerprint density at radius 2 is 1.86 bits per heavy atom. The summed E-state index contributed by atoms with van der Waals surface area (Å²) in [5.74, 6) is 0.679. The summed E-state index contributed by atoms with van der Waals surface area (Å²) in [6.45, 7) is 2.02. The fourth-order valence-electron chi connectivity index (χ4n) is 2.07. The molecular formula is C16H13ClN2OS. The molecule has 0 bridgehead atoms. The highest BCUT2D eigenvalue weighted by Gasteiger charge is 2.12. The minimum atomic E-state index is -0.0980. The van der Waals surface area contributed by atoms with Crippen molar-refractivity contribution in [1.82, 2.24) is 9.97 Å². The van der Waals surface area contributed by atoms with E-state index in [4.69, 9.17) is 11.6 Å². The van der Waals surface area contributed by atoms with Gasteiger partial charge in [0, 0.05) is 9.92 Å². The van der Waals surface area contributed by atoms with Gasteiger partial charge in [0.15, 0.2) is 0 Å². The van der Waals surface area contributed by atoms with Crippen LogP contribution in [-0.2, 0) is 0 Å². The van der Waals surface area contributed by atoms with Crippen molar-refractivity contribution in [3.8, 4) is 0 Å². The lowest BCUT2D eigenvalue weighted by atomic mass is 10.2. The van der Waals surface area contributed by atoms with E-state index < -0.39 is 0 Å². The third-order valence-corrected chi connectivity index (χ3v) is 4.52. The topological polar surface area (TPSA) is 45.8 Å². The van der Waals surface area contributed by atoms with Crippen molar-refractivity contribution in [1.29, 1.82) is 0 Å². The van der Waals surface area contributed by atoms with Crippen LogP contribution in [0.5, 0.6) is 0 Å². The molecule has 106 valence electrons. The van der Waals surface area contributed by atoms with Crippen LogP contribution in [0.3, 0.4) is 0 Å². The Hall–Kier alpha value is -1.78. The number of hydrogen-bond acceptors (Lipinski definition) is 3. The van der Waals surface area contributed by atoms with E-state index in [2.05, 4.69) is 9.97 Å². The van der Waals surface area contributed by atoms with Gasteiger partial charge in [0.1, 0.15) is 5.82 Å². The predicted octanol–water partition coefficient (Wildman–Crippen LogP) is 4.43. The van der Waals surface area contributed by atoms with Gasteiger partial charge in [-0.05, 0) is 43.3 Å². The molecule has 3 rings (SSSR count). The van der Waals surface area contributed by atoms with Crippen LogP contribution in [0, 0.1) is 0 Å². The molecule has 3 aromatic rings. The molecule has 0 aliphatic heterocycles. The number of fused-ring (bicyclic) bond motifs is 1. The largest absolute Gasteiger partial charge is 0.309 e. The molecular weight excluding hydrogens is 304 g/mol. The Labute approximate surface area is 131 Å². The quantitative estimate of drug-likeness (QED) is 0.727. The van der Waals surface area contributed by atoms with E-state index in [1.807, 2.05) is 49.4 Å². The summed E-state index contributed by atoms with van der Waals surface area (Å²) in [6, 6.07) is 15.0. The third kappa shape index (κ3) is 3.12. The first-order chi connectivity index (χ1) is 10.1. The van der Waals surface area contributed by atoms with Gasteiger partial charge in [-0.3, -0.25) is 4.79 Å². The summed E-state index contributed by atoms with van der Waals surface area (Å²) in [5, 5.41) is 1.37. The van der Waals surface area contributed by atoms with E-state index in [1.165, 1.54) is 0 Å². The summed E-state index contributed by atoms with van der Waals surface area (Å²) >= 11 is 7.51. The molecule has 0 saturated heterocycles. The molecule has 21 heavy (non-hydrogen) atoms. The highest BCUT2D eigenvalue weighted by Crippen LogP contribution is 2.33. The Balaban J connectivity index is 1.92. The molecule has 3 nitrogen and oxygen atoms in total. The molecule has 0 aliphatic rings. The standard InChI is InChI=1S/C16H13ClN2OS/c1-10(21-12-8-6-11(17)7-9-12)15-18-14-5-3-2-4-13(14)16(20)19-15/h2-10H,1H3,(H,18,19,20). The number of benzene rings is 2. The lowest BCUT2D eigenvalue weighted by Gasteiger charge is -2.11. The number of thioether (sulfide) groups is 1. The SMILES string of the molecule is CC(Sc1ccc(Cl)cc1)c1nc2ccccc2c(=O)[nH]1. The average molecular weight is 317 g/mol. The molecule has 0 fully saturated rings. The zero-order valence-corrected chi connectivity index (χ0v) is 12.9. The number of aromatic amines is 1. The van der Waals surface area contributed by atoms with Gasteiger partial charge in [-0.2, -0.15) is 0 Å². The molecule has 0 spiro atoms. The van der Waals surface area contributed by atoms with Gasteiger partial charge >= 0.3 is 0 Å². The molecule has 1 N–H and O–H groups in total. The molecule has 1 unspecified atom stereocenters. The minimum absolute atomic E-state index is 0.0449. The Morgan fingerprint density at radius 1 is 1.14 bits per heavy atom. The maximum atomic E-state index is 12.1. The van der Waals surface area contributed by atoms with Gasteiger partial charge in [-0.25, -0.2) is 4.98 Å². The molecule has 1 heterocycles. The summed E-state index contributed by atoms with van der Waals surface area (Å²) in [5.41, 5.74) is 0.624. The highest BCUT2D eigenvalue weighted by atomic mass is 35.5. The number of nitrogens with zero attached hydrogens (tertiary/aromatic N) is 1. The van der Waals surface area contributed by atoms with Crippen molar-refractivity contribution < 1.29 is 0 Å². The molecule has 0 radical (unpaired) electrons. The first-order valence-electron chi connectivity index (χ1n) is 6.54. The molecule has 5 heteroatoms. The van der Waals surface area contributed by atoms with E-state index >= 15 is 0 Å². The number of para-hydroxylation sites is 1. The van der Waals surface area contributed by atoms with Crippen molar-refractivity contribution in [3.05, 3.63) is 69.7 Å². The monoisotopic (exact) mass is 316 g/mol. The maximum Gasteiger partial charge on any atom is 0.258 e. The van der Waals surface area contributed by atoms with Crippen molar-refractivity contribution >= 4 is 34.3 Å². The fraction of sp³-hybridized carbons (Fsp3) is 0.125. The Kier molecular flexibility index (Phi) is 3.99. The fourth-order valence-corrected chi connectivity index (χ4v) is 3.12. The molecule has 1 aromatic heterocycles. The lowest BCUT2D eigenvalue weighted by molar-refractivity contribution is 0.923. The van der Waals surface area contributed by atoms with E-state index in [9.17, 15) is 4.79 Å². The van der Waals surface area contributed by atoms with Crippen molar-refractivity contribution in [2.24, 2.45) is 0 Å². The van der Waals surface area contributed by atoms with Crippen LogP contribution in [0.2, 0.25) is 5.02 Å². The zero-order chi connectivity index (χ0) is 14.8. The second-order valence-corrected chi connectivity index (χ2v) is 6.53. The van der Waals surface area contributed by atoms with Crippen molar-refractivity contribution in [3.63, 3.8) is 0 Å². The van der Waals surface area contributed by atoms with E-state index in [0.717, 1.165) is 10.4 Å². The Bertz CT molecular complexity index is 830. The highest BCUT2D eigenvalue weighted by molar-refractivity contribution is 7.99. The number of hydrogen-bond donors (Lipinski definition) is 1. The number of halogens is 1. The van der Waals surface area contributed by atoms with E-state index in [-0.39, 0.29) is 10.8 Å². The third-order valence-electron chi connectivity index (χ3n) is 3.14. The molecule has 0 amide bonds. The van der Waals surface area contributed by atoms with Gasteiger partial charge < -0.3 is 4.98 Å². The summed E-state index contributed by atoms with van der Waals surface area (Å²) in [4.78, 5) is 20.6. The first-order valence-corrected chi connectivity index (χ1v) is 7.80. The van der Waals surface area contributed by atoms with Crippen molar-refractivity contribution in [2.45, 2.75) is 17.1 Å². The van der Waals surface area contributed by atoms with Crippen LogP contribution < -0.4 is 5.56 Å². The van der Waals surface area contributed by atoms with Gasteiger partial charge in [0.2, 0.25) is 0 Å². The van der Waals surface area contributed by atoms with Crippen LogP contribution in [0.15, 0.2) is 58.2 Å². The van der Waals surface area contributed by atoms with Crippen LogP contribution in [-0.4, -0.2) is 9.97 Å². The van der Waals surface area contributed by atoms with Crippen LogP contribution in [0.1, 0.15) is 18.0 Å². The number of rotatable bonds is 3. The van der Waals surface area contributed by atoms with E-state index in [0.29, 0.717) is 16.2 Å². The van der Waals surface area contributed by atoms with Gasteiger partial charge in [-0.15, -0.1) is 11.8 Å². The first kappa shape index (κ1) is 14.2. The molecule has 0 aliphatic carbocycles. The van der Waals surface area contributed by atoms with Crippen LogP contribution in [0.4, 0.5) is 0 Å². The number of H-pyrrole nitrogens is 1. The summed E-state index contributed by atoms with van der Waals surface area (Å²) in [6.07, 6.45) is 0. The van der Waals surface area contributed by atoms with Crippen LogP contribution >= 0.6 is 23.4 Å². The smallest absolute Gasteiger partial charge is 0.258 e. The van der Waals surface area contributed by atoms with Gasteiger partial charge in [-0.1, -0.05) is 23.7 Å². The summed E-state index contributed by atoms with van der Waals surface area (Å²) in [7, 11) is 0. The number of aromatic nitrogens is 2. The van der Waals surface area contributed by atoms with Gasteiger partial charge in [0.25, 0.3) is 5.56 Å². The second-order valence-electron chi connectivity index (χ2n) is 4.68. The zero-order valence-electron chi connectivity index (χ0n) is 11.3. The summed E-state index contributed by atoms with van der Waals surface area (Å²) < 4.78 is 0. The van der Waals surface area contributed by atoms with E-state index in [1.54, 1.807) is 17.8 Å². The van der Waals surface area contributed by atoms with Crippen molar-refractivity contribution in [2.75, 3.05) is 0 Å². The average Bonchev–Trinajstić information content (AvgIpc) is 2.49. The number of nitrogens with one attached hydrogen (secondary N) is 1. The molecule has 2 aromatic carbocycles.